The fourth-order valence-corrected chi connectivity index (χ4v) is 4.09. The van der Waals surface area contributed by atoms with Crippen molar-refractivity contribution in [2.24, 2.45) is 0 Å². The summed E-state index contributed by atoms with van der Waals surface area (Å²) in [6, 6.07) is 7.99. The lowest BCUT2D eigenvalue weighted by atomic mass is 9.91. The molecule has 1 heterocycles. The number of rotatable bonds is 4. The molecule has 1 saturated heterocycles. The molecule has 2 N–H and O–H groups in total. The summed E-state index contributed by atoms with van der Waals surface area (Å²) in [7, 11) is 1.67. The van der Waals surface area contributed by atoms with Crippen LogP contribution in [0.3, 0.4) is 0 Å². The van der Waals surface area contributed by atoms with Gasteiger partial charge in [-0.2, -0.15) is 0 Å². The summed E-state index contributed by atoms with van der Waals surface area (Å²) in [4.78, 5) is 14.5. The number of methoxy groups -OCH3 is 1. The standard InChI is InChI=1S/C18H26N2O3/c1-23-13-15-6-4-5-14(11-15)12-19-17(22)20-10-7-16(21)18(20)8-2-3-9-18/h4-6,11,16,21H,2-3,7-10,12-13H2,1H3,(H,19,22). The van der Waals surface area contributed by atoms with Crippen LogP contribution in [-0.2, 0) is 17.9 Å². The Balaban J connectivity index is 1.62. The van der Waals surface area contributed by atoms with E-state index in [1.165, 1.54) is 0 Å². The number of urea groups is 1. The van der Waals surface area contributed by atoms with Crippen molar-refractivity contribution in [2.45, 2.75) is 56.9 Å². The molecule has 3 rings (SSSR count). The van der Waals surface area contributed by atoms with E-state index in [4.69, 9.17) is 4.74 Å². The summed E-state index contributed by atoms with van der Waals surface area (Å²) in [6.07, 6.45) is 4.35. The Morgan fingerprint density at radius 1 is 1.39 bits per heavy atom. The van der Waals surface area contributed by atoms with Gasteiger partial charge in [-0.25, -0.2) is 4.79 Å². The van der Waals surface area contributed by atoms with Crippen LogP contribution in [-0.4, -0.2) is 41.3 Å². The number of benzene rings is 1. The average Bonchev–Trinajstić information content (AvgIpc) is 3.16. The fraction of sp³-hybridized carbons (Fsp3) is 0.611. The van der Waals surface area contributed by atoms with Crippen molar-refractivity contribution < 1.29 is 14.6 Å². The highest BCUT2D eigenvalue weighted by atomic mass is 16.5. The molecule has 0 bridgehead atoms. The van der Waals surface area contributed by atoms with E-state index >= 15 is 0 Å². The predicted molar refractivity (Wildman–Crippen MR) is 87.9 cm³/mol. The van der Waals surface area contributed by atoms with Crippen LogP contribution in [0.4, 0.5) is 4.79 Å². The zero-order chi connectivity index (χ0) is 16.3. The van der Waals surface area contributed by atoms with E-state index in [1.54, 1.807) is 7.11 Å². The molecule has 0 aromatic heterocycles. The fourth-order valence-electron chi connectivity index (χ4n) is 4.09. The van der Waals surface area contributed by atoms with E-state index in [9.17, 15) is 9.90 Å². The van der Waals surface area contributed by atoms with Crippen molar-refractivity contribution >= 4 is 6.03 Å². The van der Waals surface area contributed by atoms with Gasteiger partial charge in [-0.05, 0) is 30.4 Å². The third-order valence-corrected chi connectivity index (χ3v) is 5.24. The molecule has 1 saturated carbocycles. The maximum Gasteiger partial charge on any atom is 0.318 e. The molecule has 5 nitrogen and oxygen atoms in total. The zero-order valence-corrected chi connectivity index (χ0v) is 13.8. The van der Waals surface area contributed by atoms with E-state index in [0.717, 1.165) is 36.8 Å². The smallest absolute Gasteiger partial charge is 0.318 e. The van der Waals surface area contributed by atoms with Gasteiger partial charge >= 0.3 is 6.03 Å². The Bertz CT molecular complexity index is 555. The van der Waals surface area contributed by atoms with Gasteiger partial charge < -0.3 is 20.1 Å². The number of likely N-dealkylation sites (tertiary alicyclic amines) is 1. The largest absolute Gasteiger partial charge is 0.391 e. The van der Waals surface area contributed by atoms with Gasteiger partial charge in [-0.15, -0.1) is 0 Å². The molecular formula is C18H26N2O3. The summed E-state index contributed by atoms with van der Waals surface area (Å²) in [5.74, 6) is 0. The lowest BCUT2D eigenvalue weighted by molar-refractivity contribution is 0.0488. The molecular weight excluding hydrogens is 292 g/mol. The predicted octanol–water partition coefficient (Wildman–Crippen LogP) is 2.42. The van der Waals surface area contributed by atoms with E-state index in [1.807, 2.05) is 29.2 Å². The highest BCUT2D eigenvalue weighted by Gasteiger charge is 2.51. The number of aliphatic hydroxyl groups excluding tert-OH is 1. The Morgan fingerprint density at radius 2 is 2.13 bits per heavy atom. The Kier molecular flexibility index (Phi) is 4.87. The van der Waals surface area contributed by atoms with Crippen LogP contribution in [0.25, 0.3) is 0 Å². The average molecular weight is 318 g/mol. The number of aliphatic hydroxyl groups is 1. The third kappa shape index (κ3) is 3.21. The SMILES string of the molecule is COCc1cccc(CNC(=O)N2CCC(O)C23CCCC3)c1. The second-order valence-corrected chi connectivity index (χ2v) is 6.68. The Morgan fingerprint density at radius 3 is 2.87 bits per heavy atom. The van der Waals surface area contributed by atoms with Crippen molar-refractivity contribution in [1.82, 2.24) is 10.2 Å². The molecule has 2 fully saturated rings. The van der Waals surface area contributed by atoms with E-state index < -0.39 is 0 Å². The molecule has 23 heavy (non-hydrogen) atoms. The maximum absolute atomic E-state index is 12.6. The molecule has 5 heteroatoms. The number of carbonyl (C=O) groups is 1. The molecule has 1 aromatic rings. The highest BCUT2D eigenvalue weighted by Crippen LogP contribution is 2.43. The Hall–Kier alpha value is -1.59. The van der Waals surface area contributed by atoms with Crippen LogP contribution in [0.2, 0.25) is 0 Å². The number of ether oxygens (including phenoxy) is 1. The van der Waals surface area contributed by atoms with Crippen LogP contribution in [0, 0.1) is 0 Å². The van der Waals surface area contributed by atoms with Crippen molar-refractivity contribution in [3.63, 3.8) is 0 Å². The molecule has 1 aliphatic carbocycles. The Labute approximate surface area is 137 Å². The summed E-state index contributed by atoms with van der Waals surface area (Å²) in [6.45, 7) is 1.72. The van der Waals surface area contributed by atoms with Gasteiger partial charge in [-0.3, -0.25) is 0 Å². The molecule has 126 valence electrons. The number of nitrogens with one attached hydrogen (secondary N) is 1. The van der Waals surface area contributed by atoms with Crippen LogP contribution < -0.4 is 5.32 Å². The van der Waals surface area contributed by atoms with Gasteiger partial charge in [-0.1, -0.05) is 37.1 Å². The lowest BCUT2D eigenvalue weighted by Gasteiger charge is -2.37. The first-order valence-electron chi connectivity index (χ1n) is 8.46. The second-order valence-electron chi connectivity index (χ2n) is 6.68. The van der Waals surface area contributed by atoms with E-state index in [0.29, 0.717) is 26.1 Å². The molecule has 2 aliphatic rings. The van der Waals surface area contributed by atoms with Gasteiger partial charge in [0.25, 0.3) is 0 Å². The summed E-state index contributed by atoms with van der Waals surface area (Å²) in [5.41, 5.74) is 1.85. The minimum absolute atomic E-state index is 0.0550. The minimum atomic E-state index is -0.374. The zero-order valence-electron chi connectivity index (χ0n) is 13.8. The van der Waals surface area contributed by atoms with Crippen molar-refractivity contribution in [3.8, 4) is 0 Å². The van der Waals surface area contributed by atoms with Crippen LogP contribution in [0.5, 0.6) is 0 Å². The molecule has 1 aromatic carbocycles. The highest BCUT2D eigenvalue weighted by molar-refractivity contribution is 5.75. The van der Waals surface area contributed by atoms with Gasteiger partial charge in [0, 0.05) is 20.2 Å². The topological polar surface area (TPSA) is 61.8 Å². The normalized spacial score (nSPS) is 22.7. The molecule has 0 radical (unpaired) electrons. The number of carbonyl (C=O) groups excluding carboxylic acids is 1. The van der Waals surface area contributed by atoms with E-state index in [2.05, 4.69) is 5.32 Å². The monoisotopic (exact) mass is 318 g/mol. The van der Waals surface area contributed by atoms with E-state index in [-0.39, 0.29) is 17.7 Å². The first-order valence-corrected chi connectivity index (χ1v) is 8.46. The summed E-state index contributed by atoms with van der Waals surface area (Å²) < 4.78 is 5.14. The van der Waals surface area contributed by atoms with Gasteiger partial charge in [0.2, 0.25) is 0 Å². The van der Waals surface area contributed by atoms with Crippen LogP contribution in [0.15, 0.2) is 24.3 Å². The number of amides is 2. The molecule has 1 aliphatic heterocycles. The molecule has 1 spiro atoms. The van der Waals surface area contributed by atoms with Crippen molar-refractivity contribution in [3.05, 3.63) is 35.4 Å². The first kappa shape index (κ1) is 16.3. The minimum Gasteiger partial charge on any atom is -0.391 e. The quantitative estimate of drug-likeness (QED) is 0.896. The maximum atomic E-state index is 12.6. The second kappa shape index (κ2) is 6.89. The molecule has 1 unspecified atom stereocenters. The van der Waals surface area contributed by atoms with Gasteiger partial charge in [0.15, 0.2) is 0 Å². The lowest BCUT2D eigenvalue weighted by Crippen LogP contribution is -2.53. The molecule has 1 atom stereocenters. The number of hydrogen-bond acceptors (Lipinski definition) is 3. The van der Waals surface area contributed by atoms with Gasteiger partial charge in [0.05, 0.1) is 18.2 Å². The molecule has 2 amide bonds. The van der Waals surface area contributed by atoms with Crippen molar-refractivity contribution in [2.75, 3.05) is 13.7 Å². The van der Waals surface area contributed by atoms with Crippen LogP contribution >= 0.6 is 0 Å². The first-order chi connectivity index (χ1) is 11.2. The van der Waals surface area contributed by atoms with Crippen LogP contribution in [0.1, 0.15) is 43.2 Å². The number of hydrogen-bond donors (Lipinski definition) is 2. The van der Waals surface area contributed by atoms with Crippen molar-refractivity contribution in [1.29, 1.82) is 0 Å². The summed E-state index contributed by atoms with van der Waals surface area (Å²) in [5, 5.41) is 13.4. The number of nitrogens with zero attached hydrogens (tertiary/aromatic N) is 1. The third-order valence-electron chi connectivity index (χ3n) is 5.24. The van der Waals surface area contributed by atoms with Gasteiger partial charge in [0.1, 0.15) is 0 Å². The summed E-state index contributed by atoms with van der Waals surface area (Å²) >= 11 is 0.